The quantitative estimate of drug-likeness (QED) is 0.622. The lowest BCUT2D eigenvalue weighted by molar-refractivity contribution is -0.115. The van der Waals surface area contributed by atoms with E-state index in [1.165, 1.54) is 11.8 Å². The topological polar surface area (TPSA) is 78.3 Å². The van der Waals surface area contributed by atoms with Crippen LogP contribution in [0.1, 0.15) is 31.5 Å². The van der Waals surface area contributed by atoms with Crippen LogP contribution in [0.25, 0.3) is 5.69 Å². The Morgan fingerprint density at radius 2 is 1.97 bits per heavy atom. The molecule has 1 unspecified atom stereocenters. The van der Waals surface area contributed by atoms with E-state index in [1.807, 2.05) is 41.9 Å². The Labute approximate surface area is 172 Å². The van der Waals surface area contributed by atoms with Crippen LogP contribution in [-0.2, 0) is 4.79 Å². The van der Waals surface area contributed by atoms with Gasteiger partial charge in [-0.25, -0.2) is 9.67 Å². The minimum Gasteiger partial charge on any atom is -0.454 e. The maximum Gasteiger partial charge on any atom is 0.237 e. The van der Waals surface area contributed by atoms with E-state index in [1.54, 1.807) is 18.2 Å². The lowest BCUT2D eigenvalue weighted by Gasteiger charge is -2.10. The number of fused-ring (bicyclic) bond motifs is 1. The molecule has 29 heavy (non-hydrogen) atoms. The fraction of sp³-hybridized carbons (Fsp3) is 0.286. The Kier molecular flexibility index (Phi) is 4.63. The van der Waals surface area contributed by atoms with Gasteiger partial charge >= 0.3 is 0 Å². The summed E-state index contributed by atoms with van der Waals surface area (Å²) in [5, 5.41) is 7.86. The lowest BCUT2D eigenvalue weighted by atomic mass is 10.2. The van der Waals surface area contributed by atoms with Gasteiger partial charge < -0.3 is 14.8 Å². The van der Waals surface area contributed by atoms with E-state index < -0.39 is 0 Å². The van der Waals surface area contributed by atoms with E-state index in [9.17, 15) is 4.79 Å². The molecule has 1 aliphatic heterocycles. The molecule has 1 aliphatic carbocycles. The van der Waals surface area contributed by atoms with Gasteiger partial charge in [-0.2, -0.15) is 0 Å². The van der Waals surface area contributed by atoms with Crippen molar-refractivity contribution in [1.82, 2.24) is 14.8 Å². The monoisotopic (exact) mass is 408 g/mol. The number of hydrogen-bond acceptors (Lipinski definition) is 6. The molecular formula is C21H20N4O3S. The van der Waals surface area contributed by atoms with E-state index >= 15 is 0 Å². The van der Waals surface area contributed by atoms with Crippen LogP contribution in [0.15, 0.2) is 53.7 Å². The molecule has 8 heteroatoms. The van der Waals surface area contributed by atoms with Crippen LogP contribution in [0.5, 0.6) is 11.5 Å². The molecule has 0 saturated heterocycles. The molecule has 1 atom stereocenters. The van der Waals surface area contributed by atoms with Gasteiger partial charge in [0.05, 0.1) is 10.9 Å². The molecule has 1 N–H and O–H groups in total. The van der Waals surface area contributed by atoms with Gasteiger partial charge in [-0.1, -0.05) is 30.0 Å². The van der Waals surface area contributed by atoms with Crippen molar-refractivity contribution in [2.75, 3.05) is 12.1 Å². The van der Waals surface area contributed by atoms with Crippen molar-refractivity contribution in [3.8, 4) is 17.2 Å². The van der Waals surface area contributed by atoms with Gasteiger partial charge in [-0.3, -0.25) is 4.79 Å². The number of aromatic nitrogens is 3. The van der Waals surface area contributed by atoms with Crippen LogP contribution in [0.4, 0.5) is 5.69 Å². The summed E-state index contributed by atoms with van der Waals surface area (Å²) in [6.45, 7) is 2.06. The number of carbonyl (C=O) groups excluding carboxylic acids is 1. The average Bonchev–Trinajstić information content (AvgIpc) is 3.33. The maximum atomic E-state index is 12.7. The van der Waals surface area contributed by atoms with Crippen LogP contribution in [-0.4, -0.2) is 32.7 Å². The highest BCUT2D eigenvalue weighted by Gasteiger charge is 2.31. The number of nitrogens with zero attached hydrogens (tertiary/aromatic N) is 3. The highest BCUT2D eigenvalue weighted by Crippen LogP contribution is 2.40. The second-order valence-corrected chi connectivity index (χ2v) is 8.40. The first kappa shape index (κ1) is 18.1. The fourth-order valence-corrected chi connectivity index (χ4v) is 3.91. The number of thioether (sulfide) groups is 1. The van der Waals surface area contributed by atoms with Crippen LogP contribution >= 0.6 is 11.8 Å². The fourth-order valence-electron chi connectivity index (χ4n) is 3.15. The zero-order valence-electron chi connectivity index (χ0n) is 15.9. The predicted molar refractivity (Wildman–Crippen MR) is 110 cm³/mol. The molecule has 2 heterocycles. The molecule has 1 amide bonds. The van der Waals surface area contributed by atoms with E-state index in [2.05, 4.69) is 10.4 Å². The van der Waals surface area contributed by atoms with Crippen molar-refractivity contribution in [2.24, 2.45) is 0 Å². The summed E-state index contributed by atoms with van der Waals surface area (Å²) < 4.78 is 12.6. The highest BCUT2D eigenvalue weighted by atomic mass is 32.2. The number of rotatable bonds is 6. The van der Waals surface area contributed by atoms with Gasteiger partial charge in [0, 0.05) is 17.7 Å². The molecule has 1 fully saturated rings. The minimum absolute atomic E-state index is 0.113. The third-order valence-electron chi connectivity index (χ3n) is 4.85. The van der Waals surface area contributed by atoms with E-state index in [-0.39, 0.29) is 18.0 Å². The molecule has 0 spiro atoms. The first-order valence-corrected chi connectivity index (χ1v) is 10.4. The van der Waals surface area contributed by atoms with Gasteiger partial charge in [-0.15, -0.1) is 5.10 Å². The molecular weight excluding hydrogens is 388 g/mol. The first-order chi connectivity index (χ1) is 14.2. The smallest absolute Gasteiger partial charge is 0.237 e. The average molecular weight is 408 g/mol. The summed E-state index contributed by atoms with van der Waals surface area (Å²) in [5.41, 5.74) is 1.67. The molecule has 5 rings (SSSR count). The largest absolute Gasteiger partial charge is 0.454 e. The van der Waals surface area contributed by atoms with Gasteiger partial charge in [0.2, 0.25) is 17.9 Å². The van der Waals surface area contributed by atoms with Crippen molar-refractivity contribution in [2.45, 2.75) is 36.1 Å². The number of amides is 1. The van der Waals surface area contributed by atoms with Gasteiger partial charge in [-0.05, 0) is 44.0 Å². The summed E-state index contributed by atoms with van der Waals surface area (Å²) >= 11 is 1.36. The summed E-state index contributed by atoms with van der Waals surface area (Å²) in [4.78, 5) is 17.4. The molecule has 1 aromatic heterocycles. The van der Waals surface area contributed by atoms with Crippen LogP contribution < -0.4 is 14.8 Å². The third kappa shape index (κ3) is 3.80. The predicted octanol–water partition coefficient (Wildman–Crippen LogP) is 3.99. The standard InChI is InChI=1S/C21H20N4O3S/c1-13(20(26)22-15-9-10-17-18(11-15)28-12-27-17)29-21-23-19(14-7-8-14)25(24-21)16-5-3-2-4-6-16/h2-6,9-11,13-14H,7-8,12H2,1H3,(H,22,26). The van der Waals surface area contributed by atoms with E-state index in [4.69, 9.17) is 14.5 Å². The van der Waals surface area contributed by atoms with Crippen molar-refractivity contribution >= 4 is 23.4 Å². The second kappa shape index (κ2) is 7.44. The van der Waals surface area contributed by atoms with Crippen molar-refractivity contribution in [3.63, 3.8) is 0 Å². The molecule has 2 aromatic carbocycles. The minimum atomic E-state index is -0.348. The summed E-state index contributed by atoms with van der Waals surface area (Å²) in [5.74, 6) is 2.64. The normalized spacial score (nSPS) is 15.9. The summed E-state index contributed by atoms with van der Waals surface area (Å²) in [6.07, 6.45) is 2.27. The summed E-state index contributed by atoms with van der Waals surface area (Å²) in [6, 6.07) is 15.4. The Morgan fingerprint density at radius 1 is 1.17 bits per heavy atom. The van der Waals surface area contributed by atoms with E-state index in [0.29, 0.717) is 28.3 Å². The Balaban J connectivity index is 1.30. The molecule has 2 aliphatic rings. The highest BCUT2D eigenvalue weighted by molar-refractivity contribution is 8.00. The molecule has 148 valence electrons. The number of benzene rings is 2. The number of ether oxygens (including phenoxy) is 2. The van der Waals surface area contributed by atoms with Crippen LogP contribution in [0.2, 0.25) is 0 Å². The molecule has 3 aromatic rings. The number of hydrogen-bond donors (Lipinski definition) is 1. The molecule has 1 saturated carbocycles. The lowest BCUT2D eigenvalue weighted by Crippen LogP contribution is -2.22. The second-order valence-electron chi connectivity index (χ2n) is 7.09. The Hall–Kier alpha value is -3.00. The van der Waals surface area contributed by atoms with Gasteiger partial charge in [0.1, 0.15) is 5.82 Å². The summed E-state index contributed by atoms with van der Waals surface area (Å²) in [7, 11) is 0. The number of carbonyl (C=O) groups is 1. The zero-order valence-corrected chi connectivity index (χ0v) is 16.7. The number of para-hydroxylation sites is 1. The molecule has 0 bridgehead atoms. The third-order valence-corrected chi connectivity index (χ3v) is 5.80. The van der Waals surface area contributed by atoms with Crippen LogP contribution in [0, 0.1) is 0 Å². The molecule has 7 nitrogen and oxygen atoms in total. The van der Waals surface area contributed by atoms with E-state index in [0.717, 1.165) is 24.4 Å². The number of anilines is 1. The van der Waals surface area contributed by atoms with Gasteiger partial charge in [0.15, 0.2) is 11.5 Å². The van der Waals surface area contributed by atoms with Crippen LogP contribution in [0.3, 0.4) is 0 Å². The maximum absolute atomic E-state index is 12.7. The van der Waals surface area contributed by atoms with Crippen molar-refractivity contribution in [3.05, 3.63) is 54.4 Å². The Morgan fingerprint density at radius 3 is 2.76 bits per heavy atom. The molecule has 0 radical (unpaired) electrons. The Bertz CT molecular complexity index is 1050. The van der Waals surface area contributed by atoms with Crippen molar-refractivity contribution in [1.29, 1.82) is 0 Å². The first-order valence-electron chi connectivity index (χ1n) is 9.57. The number of nitrogens with one attached hydrogen (secondary N) is 1. The van der Waals surface area contributed by atoms with Crippen molar-refractivity contribution < 1.29 is 14.3 Å². The van der Waals surface area contributed by atoms with Gasteiger partial charge in [0.25, 0.3) is 0 Å². The zero-order chi connectivity index (χ0) is 19.8. The SMILES string of the molecule is CC(Sc1nc(C2CC2)n(-c2ccccc2)n1)C(=O)Nc1ccc2c(c1)OCO2.